The predicted molar refractivity (Wildman–Crippen MR) is 107 cm³/mol. The van der Waals surface area contributed by atoms with Gasteiger partial charge in [-0.3, -0.25) is 4.79 Å². The van der Waals surface area contributed by atoms with Crippen molar-refractivity contribution in [3.8, 4) is 5.69 Å². The number of hydrogen-bond donors (Lipinski definition) is 1. The van der Waals surface area contributed by atoms with Crippen molar-refractivity contribution in [1.29, 1.82) is 0 Å². The molecule has 2 heterocycles. The Bertz CT molecular complexity index is 904. The summed E-state index contributed by atoms with van der Waals surface area (Å²) in [6.07, 6.45) is 4.30. The van der Waals surface area contributed by atoms with E-state index in [1.165, 1.54) is 35.9 Å². The lowest BCUT2D eigenvalue weighted by molar-refractivity contribution is -0.113. The Hall–Kier alpha value is -1.84. The first-order valence-electron chi connectivity index (χ1n) is 8.18. The van der Waals surface area contributed by atoms with Crippen LogP contribution in [-0.2, 0) is 4.79 Å². The van der Waals surface area contributed by atoms with E-state index in [0.717, 1.165) is 20.1 Å². The molecule has 1 N–H and O–H groups in total. The normalized spacial score (nSPS) is 13.7. The molecule has 1 aliphatic rings. The molecule has 0 aliphatic heterocycles. The van der Waals surface area contributed by atoms with Crippen molar-refractivity contribution in [2.75, 3.05) is 17.3 Å². The van der Waals surface area contributed by atoms with Crippen LogP contribution in [-0.4, -0.2) is 37.9 Å². The first kappa shape index (κ1) is 17.6. The topological polar surface area (TPSA) is 72.7 Å². The van der Waals surface area contributed by atoms with E-state index in [-0.39, 0.29) is 5.91 Å². The van der Waals surface area contributed by atoms with Crippen LogP contribution < -0.4 is 5.32 Å². The van der Waals surface area contributed by atoms with Crippen molar-refractivity contribution in [3.05, 3.63) is 42.1 Å². The molecule has 4 rings (SSSR count). The van der Waals surface area contributed by atoms with Crippen LogP contribution >= 0.6 is 34.9 Å². The van der Waals surface area contributed by atoms with E-state index in [4.69, 9.17) is 5.10 Å². The maximum Gasteiger partial charge on any atom is 0.235 e. The molecular weight excluding hydrogens is 386 g/mol. The Morgan fingerprint density at radius 3 is 2.73 bits per heavy atom. The molecule has 1 aromatic carbocycles. The van der Waals surface area contributed by atoms with Crippen molar-refractivity contribution in [3.63, 3.8) is 0 Å². The molecule has 1 amide bonds. The molecule has 0 radical (unpaired) electrons. The van der Waals surface area contributed by atoms with E-state index >= 15 is 0 Å². The number of amides is 1. The first-order valence-corrected chi connectivity index (χ1v) is 11.2. The zero-order chi connectivity index (χ0) is 17.9. The van der Waals surface area contributed by atoms with Gasteiger partial charge in [0, 0.05) is 12.0 Å². The monoisotopic (exact) mass is 403 g/mol. The second kappa shape index (κ2) is 7.81. The van der Waals surface area contributed by atoms with Crippen LogP contribution in [0.2, 0.25) is 0 Å². The highest BCUT2D eigenvalue weighted by atomic mass is 32.2. The lowest BCUT2D eigenvalue weighted by Crippen LogP contribution is -2.16. The van der Waals surface area contributed by atoms with E-state index in [0.29, 0.717) is 17.5 Å². The Balaban J connectivity index is 1.47. The number of para-hydroxylation sites is 1. The van der Waals surface area contributed by atoms with E-state index in [1.54, 1.807) is 11.8 Å². The molecule has 0 atom stereocenters. The number of aromatic nitrogens is 4. The Kier molecular flexibility index (Phi) is 5.28. The molecule has 2 aromatic heterocycles. The van der Waals surface area contributed by atoms with Gasteiger partial charge in [-0.15, -0.1) is 10.2 Å². The molecule has 0 unspecified atom stereocenters. The number of benzene rings is 1. The fourth-order valence-electron chi connectivity index (χ4n) is 2.48. The summed E-state index contributed by atoms with van der Waals surface area (Å²) < 4.78 is 3.52. The number of nitrogens with one attached hydrogen (secondary N) is 1. The smallest absolute Gasteiger partial charge is 0.235 e. The third kappa shape index (κ3) is 4.11. The second-order valence-corrected chi connectivity index (χ2v) is 9.10. The Morgan fingerprint density at radius 1 is 1.27 bits per heavy atom. The average Bonchev–Trinajstić information content (AvgIpc) is 3.27. The van der Waals surface area contributed by atoms with Crippen molar-refractivity contribution in [2.45, 2.75) is 27.4 Å². The quantitative estimate of drug-likeness (QED) is 0.600. The molecule has 0 saturated heterocycles. The van der Waals surface area contributed by atoms with E-state index in [2.05, 4.69) is 15.5 Å². The lowest BCUT2D eigenvalue weighted by atomic mass is 10.3. The molecular formula is C17H17N5OS3. The molecule has 0 bridgehead atoms. The molecule has 1 aliphatic carbocycles. The summed E-state index contributed by atoms with van der Waals surface area (Å²) in [7, 11) is 0. The average molecular weight is 404 g/mol. The zero-order valence-electron chi connectivity index (χ0n) is 14.1. The van der Waals surface area contributed by atoms with Crippen molar-refractivity contribution < 1.29 is 4.79 Å². The van der Waals surface area contributed by atoms with Gasteiger partial charge in [-0.05, 0) is 31.2 Å². The largest absolute Gasteiger partial charge is 0.310 e. The molecule has 0 spiro atoms. The van der Waals surface area contributed by atoms with E-state index in [1.807, 2.05) is 47.3 Å². The van der Waals surface area contributed by atoms with Gasteiger partial charge in [0.15, 0.2) is 8.68 Å². The van der Waals surface area contributed by atoms with Crippen LogP contribution in [0.3, 0.4) is 0 Å². The highest BCUT2D eigenvalue weighted by Gasteiger charge is 2.28. The molecule has 1 saturated carbocycles. The minimum absolute atomic E-state index is 0.0738. The van der Waals surface area contributed by atoms with Gasteiger partial charge in [-0.1, -0.05) is 53.1 Å². The molecule has 9 heteroatoms. The predicted octanol–water partition coefficient (Wildman–Crippen LogP) is 4.05. The maximum atomic E-state index is 12.4. The van der Waals surface area contributed by atoms with Gasteiger partial charge in [0.05, 0.1) is 17.1 Å². The van der Waals surface area contributed by atoms with E-state index in [9.17, 15) is 4.79 Å². The van der Waals surface area contributed by atoms with E-state index < -0.39 is 0 Å². The maximum absolute atomic E-state index is 12.4. The van der Waals surface area contributed by atoms with Gasteiger partial charge >= 0.3 is 0 Å². The van der Waals surface area contributed by atoms with Crippen LogP contribution in [0.15, 0.2) is 45.1 Å². The second-order valence-electron chi connectivity index (χ2n) is 5.85. The van der Waals surface area contributed by atoms with Crippen LogP contribution in [0, 0.1) is 0 Å². The summed E-state index contributed by atoms with van der Waals surface area (Å²) in [6, 6.07) is 11.9. The number of carbonyl (C=O) groups is 1. The number of hydrogen-bond acceptors (Lipinski definition) is 7. The summed E-state index contributed by atoms with van der Waals surface area (Å²) in [4.78, 5) is 12.4. The van der Waals surface area contributed by atoms with Crippen LogP contribution in [0.5, 0.6) is 0 Å². The number of rotatable bonds is 7. The Labute approximate surface area is 163 Å². The van der Waals surface area contributed by atoms with Gasteiger partial charge in [-0.2, -0.15) is 5.10 Å². The van der Waals surface area contributed by atoms with Crippen molar-refractivity contribution >= 4 is 46.6 Å². The Morgan fingerprint density at radius 2 is 2.04 bits per heavy atom. The fourth-order valence-corrected chi connectivity index (χ4v) is 4.72. The van der Waals surface area contributed by atoms with Gasteiger partial charge in [0.1, 0.15) is 5.82 Å². The molecule has 1 fully saturated rings. The summed E-state index contributed by atoms with van der Waals surface area (Å²) in [5, 5.41) is 15.8. The zero-order valence-corrected chi connectivity index (χ0v) is 16.5. The van der Waals surface area contributed by atoms with Crippen molar-refractivity contribution in [1.82, 2.24) is 20.0 Å². The standard InChI is InChI=1S/C17H17N5OS3/c1-24-16-19-20-17(26-16)25-10-15(23)18-14-9-13(11-7-8-11)21-22(14)12-5-3-2-4-6-12/h2-6,9,11H,7-8,10H2,1H3,(H,18,23). The van der Waals surface area contributed by atoms with Crippen LogP contribution in [0.1, 0.15) is 24.5 Å². The molecule has 3 aromatic rings. The minimum atomic E-state index is -0.0738. The van der Waals surface area contributed by atoms with Gasteiger partial charge in [0.25, 0.3) is 0 Å². The van der Waals surface area contributed by atoms with Gasteiger partial charge in [-0.25, -0.2) is 4.68 Å². The van der Waals surface area contributed by atoms with Gasteiger partial charge in [0.2, 0.25) is 5.91 Å². The minimum Gasteiger partial charge on any atom is -0.310 e. The number of nitrogens with zero attached hydrogens (tertiary/aromatic N) is 4. The number of anilines is 1. The van der Waals surface area contributed by atoms with Crippen LogP contribution in [0.4, 0.5) is 5.82 Å². The third-order valence-electron chi connectivity index (χ3n) is 3.88. The summed E-state index contributed by atoms with van der Waals surface area (Å²) in [5.41, 5.74) is 1.99. The highest BCUT2D eigenvalue weighted by molar-refractivity contribution is 8.03. The highest BCUT2D eigenvalue weighted by Crippen LogP contribution is 2.40. The number of thioether (sulfide) groups is 2. The molecule has 26 heavy (non-hydrogen) atoms. The summed E-state index contributed by atoms with van der Waals surface area (Å²) in [6.45, 7) is 0. The summed E-state index contributed by atoms with van der Waals surface area (Å²) >= 11 is 4.46. The lowest BCUT2D eigenvalue weighted by Gasteiger charge is -2.08. The fraction of sp³-hybridized carbons (Fsp3) is 0.294. The van der Waals surface area contributed by atoms with Gasteiger partial charge < -0.3 is 5.32 Å². The van der Waals surface area contributed by atoms with Crippen LogP contribution in [0.25, 0.3) is 5.69 Å². The van der Waals surface area contributed by atoms with Crippen molar-refractivity contribution in [2.24, 2.45) is 0 Å². The number of carbonyl (C=O) groups excluding carboxylic acids is 1. The molecule has 134 valence electrons. The first-order chi connectivity index (χ1) is 12.7. The molecule has 6 nitrogen and oxygen atoms in total. The SMILES string of the molecule is CSc1nnc(SCC(=O)Nc2cc(C3CC3)nn2-c2ccccc2)s1. The summed E-state index contributed by atoms with van der Waals surface area (Å²) in [5.74, 6) is 1.46. The third-order valence-corrected chi connectivity index (χ3v) is 6.91.